The van der Waals surface area contributed by atoms with E-state index in [2.05, 4.69) is 5.32 Å². The van der Waals surface area contributed by atoms with Gasteiger partial charge in [0.1, 0.15) is 0 Å². The van der Waals surface area contributed by atoms with Crippen molar-refractivity contribution in [3.05, 3.63) is 35.4 Å². The highest BCUT2D eigenvalue weighted by atomic mass is 16.4. The van der Waals surface area contributed by atoms with Crippen molar-refractivity contribution in [1.82, 2.24) is 5.32 Å². The lowest BCUT2D eigenvalue weighted by Gasteiger charge is -2.27. The molecule has 2 atom stereocenters. The molecule has 0 amide bonds. The van der Waals surface area contributed by atoms with E-state index in [0.717, 1.165) is 36.9 Å². The second kappa shape index (κ2) is 7.41. The molecule has 3 N–H and O–H groups in total. The Bertz CT molecular complexity index is 447. The molecule has 1 fully saturated rings. The minimum Gasteiger partial charge on any atom is -0.481 e. The van der Waals surface area contributed by atoms with Gasteiger partial charge >= 0.3 is 5.97 Å². The molecule has 0 heterocycles. The van der Waals surface area contributed by atoms with E-state index in [0.29, 0.717) is 12.5 Å². The first kappa shape index (κ1) is 15.0. The molecule has 4 heteroatoms. The number of hydrogen-bond acceptors (Lipinski definition) is 3. The maximum Gasteiger partial charge on any atom is 0.307 e. The fraction of sp³-hybridized carbons (Fsp3) is 0.562. The first-order chi connectivity index (χ1) is 9.66. The normalized spacial score (nSPS) is 22.6. The molecule has 1 saturated carbocycles. The molecule has 20 heavy (non-hydrogen) atoms. The van der Waals surface area contributed by atoms with Gasteiger partial charge in [-0.2, -0.15) is 0 Å². The van der Waals surface area contributed by atoms with Crippen LogP contribution in [0.2, 0.25) is 0 Å². The van der Waals surface area contributed by atoms with Gasteiger partial charge in [-0.05, 0) is 29.9 Å². The molecule has 0 radical (unpaired) electrons. The van der Waals surface area contributed by atoms with Crippen LogP contribution >= 0.6 is 0 Å². The van der Waals surface area contributed by atoms with Gasteiger partial charge in [-0.15, -0.1) is 0 Å². The summed E-state index contributed by atoms with van der Waals surface area (Å²) in [5.74, 6) is -0.476. The molecule has 0 aromatic heterocycles. The predicted octanol–water partition coefficient (Wildman–Crippen LogP) is 1.95. The zero-order valence-electron chi connectivity index (χ0n) is 11.7. The monoisotopic (exact) mass is 277 g/mol. The highest BCUT2D eigenvalue weighted by Crippen LogP contribution is 2.23. The molecule has 1 aliphatic carbocycles. The number of aliphatic hydroxyl groups excluding tert-OH is 1. The summed E-state index contributed by atoms with van der Waals surface area (Å²) in [4.78, 5) is 10.8. The Morgan fingerprint density at radius 2 is 1.90 bits per heavy atom. The van der Waals surface area contributed by atoms with Crippen molar-refractivity contribution in [3.63, 3.8) is 0 Å². The highest BCUT2D eigenvalue weighted by molar-refractivity contribution is 5.70. The number of aliphatic carboxylic acids is 1. The lowest BCUT2D eigenvalue weighted by atomic mass is 9.86. The molecule has 0 spiro atoms. The van der Waals surface area contributed by atoms with Crippen LogP contribution < -0.4 is 5.32 Å². The lowest BCUT2D eigenvalue weighted by Crippen LogP contribution is -2.33. The second-order valence-corrected chi connectivity index (χ2v) is 5.58. The third-order valence-corrected chi connectivity index (χ3v) is 4.05. The van der Waals surface area contributed by atoms with Gasteiger partial charge in [0.25, 0.3) is 0 Å². The fourth-order valence-electron chi connectivity index (χ4n) is 2.88. The van der Waals surface area contributed by atoms with Crippen LogP contribution in [0.3, 0.4) is 0 Å². The van der Waals surface area contributed by atoms with E-state index in [4.69, 9.17) is 5.11 Å². The molecule has 1 aromatic rings. The van der Waals surface area contributed by atoms with Gasteiger partial charge in [-0.1, -0.05) is 37.1 Å². The van der Waals surface area contributed by atoms with Gasteiger partial charge in [0.2, 0.25) is 0 Å². The summed E-state index contributed by atoms with van der Waals surface area (Å²) in [6.45, 7) is 1.45. The minimum atomic E-state index is -0.805. The van der Waals surface area contributed by atoms with Crippen LogP contribution in [-0.2, 0) is 17.8 Å². The Labute approximate surface area is 119 Å². The van der Waals surface area contributed by atoms with Crippen molar-refractivity contribution in [2.75, 3.05) is 6.54 Å². The zero-order valence-corrected chi connectivity index (χ0v) is 11.7. The van der Waals surface area contributed by atoms with E-state index in [9.17, 15) is 9.90 Å². The third-order valence-electron chi connectivity index (χ3n) is 4.05. The van der Waals surface area contributed by atoms with E-state index < -0.39 is 5.97 Å². The van der Waals surface area contributed by atoms with Gasteiger partial charge in [0.15, 0.2) is 0 Å². The fourth-order valence-corrected chi connectivity index (χ4v) is 2.88. The summed E-state index contributed by atoms with van der Waals surface area (Å²) in [5, 5.41) is 22.2. The van der Waals surface area contributed by atoms with Crippen LogP contribution in [0.15, 0.2) is 24.3 Å². The molecule has 2 unspecified atom stereocenters. The van der Waals surface area contributed by atoms with Crippen LogP contribution in [0.5, 0.6) is 0 Å². The Morgan fingerprint density at radius 3 is 2.60 bits per heavy atom. The van der Waals surface area contributed by atoms with Crippen LogP contribution in [0.4, 0.5) is 0 Å². The van der Waals surface area contributed by atoms with Crippen molar-refractivity contribution < 1.29 is 15.0 Å². The summed E-state index contributed by atoms with van der Waals surface area (Å²) in [7, 11) is 0. The van der Waals surface area contributed by atoms with E-state index in [1.165, 1.54) is 6.42 Å². The first-order valence-corrected chi connectivity index (χ1v) is 7.34. The molecule has 1 aliphatic rings. The van der Waals surface area contributed by atoms with Gasteiger partial charge < -0.3 is 15.5 Å². The maximum absolute atomic E-state index is 10.8. The molecular formula is C16H23NO3. The van der Waals surface area contributed by atoms with E-state index in [1.807, 2.05) is 24.3 Å². The van der Waals surface area contributed by atoms with Gasteiger partial charge in [0, 0.05) is 13.1 Å². The Balaban J connectivity index is 1.85. The van der Waals surface area contributed by atoms with Crippen molar-refractivity contribution in [3.8, 4) is 0 Å². The van der Waals surface area contributed by atoms with Gasteiger partial charge in [-0.3, -0.25) is 4.79 Å². The SMILES string of the molecule is O=C(O)Cc1ccccc1CNCC1CCCCC1O. The quantitative estimate of drug-likeness (QED) is 0.743. The molecule has 0 saturated heterocycles. The number of carbonyl (C=O) groups is 1. The minimum absolute atomic E-state index is 0.0594. The molecule has 0 aliphatic heterocycles. The van der Waals surface area contributed by atoms with Crippen LogP contribution in [0.1, 0.15) is 36.8 Å². The van der Waals surface area contributed by atoms with Crippen molar-refractivity contribution in [2.45, 2.75) is 44.8 Å². The molecule has 4 nitrogen and oxygen atoms in total. The van der Waals surface area contributed by atoms with Crippen LogP contribution in [0.25, 0.3) is 0 Å². The third kappa shape index (κ3) is 4.32. The van der Waals surface area contributed by atoms with E-state index in [-0.39, 0.29) is 12.5 Å². The smallest absolute Gasteiger partial charge is 0.307 e. The first-order valence-electron chi connectivity index (χ1n) is 7.34. The van der Waals surface area contributed by atoms with Crippen molar-refractivity contribution in [2.24, 2.45) is 5.92 Å². The number of carboxylic acid groups (broad SMARTS) is 1. The van der Waals surface area contributed by atoms with Crippen LogP contribution in [0, 0.1) is 5.92 Å². The highest BCUT2D eigenvalue weighted by Gasteiger charge is 2.22. The maximum atomic E-state index is 10.8. The van der Waals surface area contributed by atoms with E-state index >= 15 is 0 Å². The largest absolute Gasteiger partial charge is 0.481 e. The number of rotatable bonds is 6. The number of aliphatic hydroxyl groups is 1. The van der Waals surface area contributed by atoms with Crippen LogP contribution in [-0.4, -0.2) is 28.8 Å². The molecule has 2 rings (SSSR count). The van der Waals surface area contributed by atoms with Crippen molar-refractivity contribution in [1.29, 1.82) is 0 Å². The number of hydrogen-bond donors (Lipinski definition) is 3. The number of carboxylic acids is 1. The summed E-state index contributed by atoms with van der Waals surface area (Å²) in [6.07, 6.45) is 4.17. The molecular weight excluding hydrogens is 254 g/mol. The molecule has 0 bridgehead atoms. The second-order valence-electron chi connectivity index (χ2n) is 5.58. The number of nitrogens with one attached hydrogen (secondary N) is 1. The predicted molar refractivity (Wildman–Crippen MR) is 77.5 cm³/mol. The average molecular weight is 277 g/mol. The van der Waals surface area contributed by atoms with Crippen molar-refractivity contribution >= 4 is 5.97 Å². The average Bonchev–Trinajstić information content (AvgIpc) is 2.42. The topological polar surface area (TPSA) is 69.6 Å². The number of benzene rings is 1. The van der Waals surface area contributed by atoms with Gasteiger partial charge in [0.05, 0.1) is 12.5 Å². The standard InChI is InChI=1S/C16H23NO3/c18-15-8-4-3-7-14(15)11-17-10-13-6-2-1-5-12(13)9-16(19)20/h1-2,5-6,14-15,17-18H,3-4,7-11H2,(H,19,20). The lowest BCUT2D eigenvalue weighted by molar-refractivity contribution is -0.136. The molecule has 1 aromatic carbocycles. The Hall–Kier alpha value is -1.39. The Morgan fingerprint density at radius 1 is 1.20 bits per heavy atom. The summed E-state index contributed by atoms with van der Waals surface area (Å²) in [6, 6.07) is 7.62. The molecule has 110 valence electrons. The van der Waals surface area contributed by atoms with E-state index in [1.54, 1.807) is 0 Å². The zero-order chi connectivity index (χ0) is 14.4. The van der Waals surface area contributed by atoms with Gasteiger partial charge in [-0.25, -0.2) is 0 Å². The summed E-state index contributed by atoms with van der Waals surface area (Å²) >= 11 is 0. The Kier molecular flexibility index (Phi) is 5.56. The summed E-state index contributed by atoms with van der Waals surface area (Å²) in [5.41, 5.74) is 1.89. The summed E-state index contributed by atoms with van der Waals surface area (Å²) < 4.78 is 0.